The summed E-state index contributed by atoms with van der Waals surface area (Å²) in [7, 11) is 0. The maximum atomic E-state index is 12.7. The fourth-order valence-corrected chi connectivity index (χ4v) is 1.99. The molecule has 0 atom stereocenters. The summed E-state index contributed by atoms with van der Waals surface area (Å²) in [6, 6.07) is 2.65. The molecule has 2 nitrogen and oxygen atoms in total. The van der Waals surface area contributed by atoms with Crippen molar-refractivity contribution in [1.82, 2.24) is 0 Å². The van der Waals surface area contributed by atoms with Crippen LogP contribution >= 0.6 is 0 Å². The predicted octanol–water partition coefficient (Wildman–Crippen LogP) is 3.86. The molecule has 0 radical (unpaired) electrons. The van der Waals surface area contributed by atoms with Gasteiger partial charge in [-0.3, -0.25) is 0 Å². The van der Waals surface area contributed by atoms with Gasteiger partial charge in [-0.1, -0.05) is 6.42 Å². The third-order valence-corrected chi connectivity index (χ3v) is 3.29. The standard InChI is InChI=1S/C14H21F3N2/c1-10-11(2)13(19-9-5-3-4-8-18)7-6-12(10)14(15,16)17/h6-7,19H,3-5,8-9,18H2,1-2H3. The Kier molecular flexibility index (Phi) is 5.66. The Bertz CT molecular complexity index is 414. The van der Waals surface area contributed by atoms with Crippen molar-refractivity contribution in [2.24, 2.45) is 5.73 Å². The summed E-state index contributed by atoms with van der Waals surface area (Å²) in [5, 5.41) is 3.18. The molecule has 0 saturated carbocycles. The number of hydrogen-bond acceptors (Lipinski definition) is 2. The number of rotatable bonds is 6. The first-order chi connectivity index (χ1) is 8.88. The molecule has 0 heterocycles. The molecule has 108 valence electrons. The Labute approximate surface area is 112 Å². The molecule has 0 saturated heterocycles. The summed E-state index contributed by atoms with van der Waals surface area (Å²) in [4.78, 5) is 0. The number of hydrogen-bond donors (Lipinski definition) is 2. The zero-order valence-electron chi connectivity index (χ0n) is 11.4. The van der Waals surface area contributed by atoms with Gasteiger partial charge in [0, 0.05) is 12.2 Å². The lowest BCUT2D eigenvalue weighted by Gasteiger charge is -2.16. The van der Waals surface area contributed by atoms with Crippen molar-refractivity contribution in [3.63, 3.8) is 0 Å². The second kappa shape index (κ2) is 6.80. The number of nitrogens with one attached hydrogen (secondary N) is 1. The Morgan fingerprint density at radius 1 is 1.05 bits per heavy atom. The molecule has 19 heavy (non-hydrogen) atoms. The maximum absolute atomic E-state index is 12.7. The molecule has 0 amide bonds. The normalized spacial score (nSPS) is 11.7. The molecule has 5 heteroatoms. The number of benzene rings is 1. The van der Waals surface area contributed by atoms with Crippen molar-refractivity contribution in [3.05, 3.63) is 28.8 Å². The maximum Gasteiger partial charge on any atom is 0.416 e. The Balaban J connectivity index is 2.69. The van der Waals surface area contributed by atoms with Crippen LogP contribution in [0, 0.1) is 13.8 Å². The van der Waals surface area contributed by atoms with Crippen LogP contribution < -0.4 is 11.1 Å². The third kappa shape index (κ3) is 4.42. The van der Waals surface area contributed by atoms with Crippen LogP contribution in [-0.2, 0) is 6.18 Å². The highest BCUT2D eigenvalue weighted by Crippen LogP contribution is 2.35. The SMILES string of the molecule is Cc1c(NCCCCCN)ccc(C(F)(F)F)c1C. The van der Waals surface area contributed by atoms with Crippen LogP contribution in [0.1, 0.15) is 36.0 Å². The zero-order chi connectivity index (χ0) is 14.5. The van der Waals surface area contributed by atoms with Gasteiger partial charge in [0.2, 0.25) is 0 Å². The summed E-state index contributed by atoms with van der Waals surface area (Å²) in [5.74, 6) is 0. The van der Waals surface area contributed by atoms with Gasteiger partial charge in [0.05, 0.1) is 5.56 Å². The van der Waals surface area contributed by atoms with Gasteiger partial charge in [-0.15, -0.1) is 0 Å². The van der Waals surface area contributed by atoms with E-state index in [1.54, 1.807) is 6.92 Å². The van der Waals surface area contributed by atoms with E-state index in [4.69, 9.17) is 5.73 Å². The number of unbranched alkanes of at least 4 members (excludes halogenated alkanes) is 2. The lowest BCUT2D eigenvalue weighted by Crippen LogP contribution is -2.11. The van der Waals surface area contributed by atoms with E-state index in [-0.39, 0.29) is 0 Å². The second-order valence-electron chi connectivity index (χ2n) is 4.68. The Hall–Kier alpha value is -1.23. The summed E-state index contributed by atoms with van der Waals surface area (Å²) in [6.07, 6.45) is -1.31. The smallest absolute Gasteiger partial charge is 0.385 e. The predicted molar refractivity (Wildman–Crippen MR) is 72.3 cm³/mol. The van der Waals surface area contributed by atoms with Gasteiger partial charge in [0.1, 0.15) is 0 Å². The molecule has 0 bridgehead atoms. The van der Waals surface area contributed by atoms with E-state index in [2.05, 4.69) is 5.32 Å². The summed E-state index contributed by atoms with van der Waals surface area (Å²) < 4.78 is 38.2. The highest BCUT2D eigenvalue weighted by atomic mass is 19.4. The van der Waals surface area contributed by atoms with Gasteiger partial charge < -0.3 is 11.1 Å². The minimum atomic E-state index is -4.28. The van der Waals surface area contributed by atoms with Crippen LogP contribution in [0.15, 0.2) is 12.1 Å². The molecule has 0 unspecified atom stereocenters. The largest absolute Gasteiger partial charge is 0.416 e. The summed E-state index contributed by atoms with van der Waals surface area (Å²) >= 11 is 0. The van der Waals surface area contributed by atoms with Crippen LogP contribution in [0.2, 0.25) is 0 Å². The van der Waals surface area contributed by atoms with Crippen molar-refractivity contribution in [2.75, 3.05) is 18.4 Å². The molecule has 0 aliphatic rings. The molecule has 1 rings (SSSR count). The lowest BCUT2D eigenvalue weighted by molar-refractivity contribution is -0.138. The van der Waals surface area contributed by atoms with E-state index in [1.165, 1.54) is 13.0 Å². The summed E-state index contributed by atoms with van der Waals surface area (Å²) in [5.41, 5.74) is 6.57. The molecule has 1 aromatic carbocycles. The average molecular weight is 274 g/mol. The van der Waals surface area contributed by atoms with Crippen LogP contribution in [0.3, 0.4) is 0 Å². The van der Waals surface area contributed by atoms with E-state index in [9.17, 15) is 13.2 Å². The van der Waals surface area contributed by atoms with Crippen molar-refractivity contribution in [3.8, 4) is 0 Å². The zero-order valence-corrected chi connectivity index (χ0v) is 11.4. The van der Waals surface area contributed by atoms with Gasteiger partial charge in [-0.25, -0.2) is 0 Å². The highest BCUT2D eigenvalue weighted by Gasteiger charge is 2.32. The van der Waals surface area contributed by atoms with Gasteiger partial charge in [0.25, 0.3) is 0 Å². The molecular formula is C14H21F3N2. The van der Waals surface area contributed by atoms with Gasteiger partial charge in [0.15, 0.2) is 0 Å². The number of nitrogens with two attached hydrogens (primary N) is 1. The first-order valence-electron chi connectivity index (χ1n) is 6.49. The fourth-order valence-electron chi connectivity index (χ4n) is 1.99. The van der Waals surface area contributed by atoms with Crippen LogP contribution in [0.4, 0.5) is 18.9 Å². The number of alkyl halides is 3. The third-order valence-electron chi connectivity index (χ3n) is 3.29. The van der Waals surface area contributed by atoms with Gasteiger partial charge >= 0.3 is 6.18 Å². The average Bonchev–Trinajstić information content (AvgIpc) is 2.32. The molecule has 0 aliphatic carbocycles. The van der Waals surface area contributed by atoms with Crippen molar-refractivity contribution in [2.45, 2.75) is 39.3 Å². The van der Waals surface area contributed by atoms with E-state index in [0.29, 0.717) is 17.7 Å². The van der Waals surface area contributed by atoms with Crippen molar-refractivity contribution >= 4 is 5.69 Å². The molecule has 0 aromatic heterocycles. The van der Waals surface area contributed by atoms with Crippen LogP contribution in [-0.4, -0.2) is 13.1 Å². The summed E-state index contributed by atoms with van der Waals surface area (Å²) in [6.45, 7) is 4.66. The monoisotopic (exact) mass is 274 g/mol. The molecule has 0 aliphatic heterocycles. The molecule has 3 N–H and O–H groups in total. The van der Waals surface area contributed by atoms with Crippen molar-refractivity contribution < 1.29 is 13.2 Å². The van der Waals surface area contributed by atoms with E-state index in [0.717, 1.165) is 37.6 Å². The fraction of sp³-hybridized carbons (Fsp3) is 0.571. The topological polar surface area (TPSA) is 38.0 Å². The second-order valence-corrected chi connectivity index (χ2v) is 4.68. The Morgan fingerprint density at radius 2 is 1.74 bits per heavy atom. The van der Waals surface area contributed by atoms with E-state index < -0.39 is 11.7 Å². The molecular weight excluding hydrogens is 253 g/mol. The quantitative estimate of drug-likeness (QED) is 0.773. The van der Waals surface area contributed by atoms with Crippen molar-refractivity contribution in [1.29, 1.82) is 0 Å². The molecule has 1 aromatic rings. The van der Waals surface area contributed by atoms with Gasteiger partial charge in [-0.2, -0.15) is 13.2 Å². The number of halogens is 3. The van der Waals surface area contributed by atoms with Gasteiger partial charge in [-0.05, 0) is 56.5 Å². The molecule has 0 fully saturated rings. The van der Waals surface area contributed by atoms with Crippen LogP contribution in [0.25, 0.3) is 0 Å². The van der Waals surface area contributed by atoms with E-state index >= 15 is 0 Å². The first kappa shape index (κ1) is 15.8. The lowest BCUT2D eigenvalue weighted by atomic mass is 10.0. The Morgan fingerprint density at radius 3 is 2.32 bits per heavy atom. The van der Waals surface area contributed by atoms with Crippen LogP contribution in [0.5, 0.6) is 0 Å². The minimum Gasteiger partial charge on any atom is -0.385 e. The minimum absolute atomic E-state index is 0.291. The van der Waals surface area contributed by atoms with E-state index in [1.807, 2.05) is 0 Å². The molecule has 0 spiro atoms. The highest BCUT2D eigenvalue weighted by molar-refractivity contribution is 5.56. The number of anilines is 1. The first-order valence-corrected chi connectivity index (χ1v) is 6.49.